The highest BCUT2D eigenvalue weighted by Gasteiger charge is 2.30. The minimum absolute atomic E-state index is 0.0187. The second kappa shape index (κ2) is 7.51. The number of rotatable bonds is 7. The van der Waals surface area contributed by atoms with E-state index in [0.29, 0.717) is 25.3 Å². The fraction of sp³-hybridized carbons (Fsp3) is 0.375. The molecular weight excluding hydrogens is 362 g/mol. The highest BCUT2D eigenvalue weighted by atomic mass is 32.2. The molecule has 0 unspecified atom stereocenters. The van der Waals surface area contributed by atoms with Crippen molar-refractivity contribution in [2.75, 3.05) is 25.0 Å². The number of nitro benzene ring substituents is 1. The maximum Gasteiger partial charge on any atom is 0.270 e. The van der Waals surface area contributed by atoms with Crippen molar-refractivity contribution in [1.29, 1.82) is 0 Å². The number of hydrogen-bond acceptors (Lipinski definition) is 6. The third-order valence-electron chi connectivity index (χ3n) is 4.13. The van der Waals surface area contributed by atoms with Crippen LogP contribution in [0.2, 0.25) is 0 Å². The highest BCUT2D eigenvalue weighted by Crippen LogP contribution is 2.30. The van der Waals surface area contributed by atoms with Crippen LogP contribution in [0.25, 0.3) is 0 Å². The second-order valence-corrected chi connectivity index (χ2v) is 8.74. The van der Waals surface area contributed by atoms with Crippen molar-refractivity contribution in [1.82, 2.24) is 4.31 Å². The predicted molar refractivity (Wildman–Crippen MR) is 97.6 cm³/mol. The molecule has 9 heteroatoms. The topological polar surface area (TPSA) is 92.5 Å². The monoisotopic (exact) mass is 381 g/mol. The van der Waals surface area contributed by atoms with Crippen LogP contribution in [-0.2, 0) is 16.4 Å². The normalized spacial score (nSPS) is 15.4. The van der Waals surface area contributed by atoms with Gasteiger partial charge < -0.3 is 5.32 Å². The van der Waals surface area contributed by atoms with Gasteiger partial charge in [-0.05, 0) is 36.8 Å². The maximum atomic E-state index is 12.9. The highest BCUT2D eigenvalue weighted by molar-refractivity contribution is 7.89. The molecule has 0 amide bonds. The van der Waals surface area contributed by atoms with Crippen molar-refractivity contribution in [2.45, 2.75) is 24.2 Å². The number of nitrogens with one attached hydrogen (secondary N) is 1. The molecule has 0 bridgehead atoms. The minimum Gasteiger partial charge on any atom is -0.384 e. The molecule has 1 N–H and O–H groups in total. The Morgan fingerprint density at radius 1 is 1.24 bits per heavy atom. The lowest BCUT2D eigenvalue weighted by atomic mass is 10.2. The lowest BCUT2D eigenvalue weighted by Crippen LogP contribution is -2.28. The molecule has 7 nitrogen and oxygen atoms in total. The van der Waals surface area contributed by atoms with Crippen LogP contribution in [0.1, 0.15) is 17.7 Å². The zero-order valence-corrected chi connectivity index (χ0v) is 15.2. The summed E-state index contributed by atoms with van der Waals surface area (Å²) < 4.78 is 27.2. The molecule has 1 aliphatic heterocycles. The Kier molecular flexibility index (Phi) is 5.36. The Labute approximate surface area is 150 Å². The molecule has 1 aliphatic rings. The van der Waals surface area contributed by atoms with E-state index in [-0.39, 0.29) is 10.6 Å². The van der Waals surface area contributed by atoms with Gasteiger partial charge in [0.05, 0.1) is 10.6 Å². The van der Waals surface area contributed by atoms with Crippen LogP contribution in [0.5, 0.6) is 0 Å². The number of benzene rings is 1. The summed E-state index contributed by atoms with van der Waals surface area (Å²) in [6.45, 7) is 1.47. The summed E-state index contributed by atoms with van der Waals surface area (Å²) in [5.74, 6) is 0. The van der Waals surface area contributed by atoms with E-state index in [0.717, 1.165) is 25.3 Å². The van der Waals surface area contributed by atoms with Crippen molar-refractivity contribution in [3.8, 4) is 0 Å². The van der Waals surface area contributed by atoms with Crippen LogP contribution in [0.15, 0.2) is 40.6 Å². The Morgan fingerprint density at radius 3 is 2.64 bits per heavy atom. The van der Waals surface area contributed by atoms with Gasteiger partial charge in [0, 0.05) is 36.6 Å². The summed E-state index contributed by atoms with van der Waals surface area (Å²) in [5.41, 5.74) is 0.190. The number of sulfonamides is 1. The first-order valence-electron chi connectivity index (χ1n) is 8.03. The molecule has 3 rings (SSSR count). The summed E-state index contributed by atoms with van der Waals surface area (Å²) in [7, 11) is -3.74. The lowest BCUT2D eigenvalue weighted by molar-refractivity contribution is -0.385. The van der Waals surface area contributed by atoms with Gasteiger partial charge in [0.2, 0.25) is 10.0 Å². The molecule has 0 atom stereocenters. The van der Waals surface area contributed by atoms with Crippen molar-refractivity contribution in [3.63, 3.8) is 0 Å². The average molecular weight is 381 g/mol. The smallest absolute Gasteiger partial charge is 0.270 e. The van der Waals surface area contributed by atoms with Gasteiger partial charge in [-0.3, -0.25) is 10.1 Å². The zero-order chi connectivity index (χ0) is 17.9. The molecule has 0 saturated carbocycles. The Balaban J connectivity index is 1.87. The van der Waals surface area contributed by atoms with E-state index in [1.54, 1.807) is 11.3 Å². The van der Waals surface area contributed by atoms with Crippen LogP contribution in [-0.4, -0.2) is 37.3 Å². The molecule has 134 valence electrons. The number of hydrogen-bond donors (Lipinski definition) is 1. The average Bonchev–Trinajstić information content (AvgIpc) is 3.28. The van der Waals surface area contributed by atoms with E-state index in [1.165, 1.54) is 21.3 Å². The van der Waals surface area contributed by atoms with Crippen molar-refractivity contribution in [3.05, 3.63) is 50.7 Å². The summed E-state index contributed by atoms with van der Waals surface area (Å²) in [4.78, 5) is 11.7. The van der Waals surface area contributed by atoms with Crippen molar-refractivity contribution < 1.29 is 13.3 Å². The van der Waals surface area contributed by atoms with Crippen LogP contribution in [0.3, 0.4) is 0 Å². The van der Waals surface area contributed by atoms with Gasteiger partial charge in [-0.2, -0.15) is 4.31 Å². The molecule has 0 radical (unpaired) electrons. The third kappa shape index (κ3) is 4.00. The second-order valence-electron chi connectivity index (χ2n) is 5.80. The van der Waals surface area contributed by atoms with E-state index in [2.05, 4.69) is 5.32 Å². The van der Waals surface area contributed by atoms with E-state index >= 15 is 0 Å². The predicted octanol–water partition coefficient (Wildman–Crippen LogP) is 3.10. The minimum atomic E-state index is -3.74. The number of thiophene rings is 1. The first kappa shape index (κ1) is 17.8. The van der Waals surface area contributed by atoms with Crippen molar-refractivity contribution >= 4 is 32.7 Å². The number of anilines is 1. The van der Waals surface area contributed by atoms with Gasteiger partial charge in [0.1, 0.15) is 4.90 Å². The molecule has 0 aliphatic carbocycles. The quantitative estimate of drug-likeness (QED) is 0.588. The van der Waals surface area contributed by atoms with Gasteiger partial charge in [-0.15, -0.1) is 11.3 Å². The largest absolute Gasteiger partial charge is 0.384 e. The van der Waals surface area contributed by atoms with Crippen LogP contribution >= 0.6 is 11.3 Å². The van der Waals surface area contributed by atoms with E-state index in [9.17, 15) is 18.5 Å². The molecular formula is C16H19N3O4S2. The SMILES string of the molecule is O=[N+]([O-])c1ccc(NCCc2cccs2)c(S(=O)(=O)N2CCCC2)c1. The molecule has 2 heterocycles. The molecule has 1 saturated heterocycles. The zero-order valence-electron chi connectivity index (χ0n) is 13.6. The van der Waals surface area contributed by atoms with Gasteiger partial charge >= 0.3 is 0 Å². The number of non-ortho nitro benzene ring substituents is 1. The maximum absolute atomic E-state index is 12.9. The molecule has 1 aromatic carbocycles. The van der Waals surface area contributed by atoms with Crippen LogP contribution in [0.4, 0.5) is 11.4 Å². The molecule has 25 heavy (non-hydrogen) atoms. The van der Waals surface area contributed by atoms with Crippen molar-refractivity contribution in [2.24, 2.45) is 0 Å². The molecule has 1 aromatic heterocycles. The van der Waals surface area contributed by atoms with Gasteiger partial charge in [-0.1, -0.05) is 6.07 Å². The van der Waals surface area contributed by atoms with Gasteiger partial charge in [0.25, 0.3) is 5.69 Å². The first-order valence-corrected chi connectivity index (χ1v) is 10.4. The summed E-state index contributed by atoms with van der Waals surface area (Å²) in [6.07, 6.45) is 2.39. The Hall–Kier alpha value is -1.97. The van der Waals surface area contributed by atoms with Gasteiger partial charge in [-0.25, -0.2) is 8.42 Å². The molecule has 1 fully saturated rings. The summed E-state index contributed by atoms with van der Waals surface area (Å²) in [5, 5.41) is 16.2. The van der Waals surface area contributed by atoms with Gasteiger partial charge in [0.15, 0.2) is 0 Å². The summed E-state index contributed by atoms with van der Waals surface area (Å²) >= 11 is 1.64. The molecule has 0 spiro atoms. The van der Waals surface area contributed by atoms with E-state index in [1.807, 2.05) is 17.5 Å². The fourth-order valence-electron chi connectivity index (χ4n) is 2.83. The summed E-state index contributed by atoms with van der Waals surface area (Å²) in [6, 6.07) is 7.95. The van der Waals surface area contributed by atoms with Crippen LogP contribution in [0, 0.1) is 10.1 Å². The fourth-order valence-corrected chi connectivity index (χ4v) is 5.24. The number of nitrogens with zero attached hydrogens (tertiary/aromatic N) is 2. The Morgan fingerprint density at radius 2 is 2.00 bits per heavy atom. The number of nitro groups is 1. The Bertz CT molecular complexity index is 844. The van der Waals surface area contributed by atoms with Crippen LogP contribution < -0.4 is 5.32 Å². The standard InChI is InChI=1S/C16H19N3O4S2/c20-19(21)13-5-6-15(17-8-7-14-4-3-11-24-14)16(12-13)25(22,23)18-9-1-2-10-18/h3-6,11-12,17H,1-2,7-10H2. The molecule has 2 aromatic rings. The first-order chi connectivity index (χ1) is 12.0. The van der Waals surface area contributed by atoms with E-state index in [4.69, 9.17) is 0 Å². The van der Waals surface area contributed by atoms with E-state index < -0.39 is 14.9 Å². The lowest BCUT2D eigenvalue weighted by Gasteiger charge is -2.18. The third-order valence-corrected chi connectivity index (χ3v) is 7.00.